The largest absolute Gasteiger partial charge is 0.348 e. The number of piperidine rings is 1. The molecule has 4 rings (SSSR count). The van der Waals surface area contributed by atoms with Crippen LogP contribution in [0.15, 0.2) is 46.0 Å². The van der Waals surface area contributed by atoms with Gasteiger partial charge in [-0.3, -0.25) is 9.20 Å². The van der Waals surface area contributed by atoms with Crippen molar-refractivity contribution < 1.29 is 4.79 Å². The monoisotopic (exact) mass is 326 g/mol. The van der Waals surface area contributed by atoms with Gasteiger partial charge in [-0.2, -0.15) is 0 Å². The first-order valence-corrected chi connectivity index (χ1v) is 8.66. The molecule has 0 radical (unpaired) electrons. The number of aromatic nitrogens is 2. The molecule has 2 aromatic rings. The summed E-state index contributed by atoms with van der Waals surface area (Å²) < 4.78 is 2.07. The molecule has 23 heavy (non-hydrogen) atoms. The fourth-order valence-corrected chi connectivity index (χ4v) is 3.93. The van der Waals surface area contributed by atoms with Gasteiger partial charge in [-0.05, 0) is 44.1 Å². The van der Waals surface area contributed by atoms with E-state index < -0.39 is 0 Å². The number of nitrogens with zero attached hydrogens (tertiary/aromatic N) is 2. The molecular weight excluding hydrogens is 308 g/mol. The van der Waals surface area contributed by atoms with Crippen molar-refractivity contribution in [2.45, 2.75) is 17.9 Å². The van der Waals surface area contributed by atoms with E-state index >= 15 is 0 Å². The lowest BCUT2D eigenvalue weighted by Gasteiger charge is -2.16. The van der Waals surface area contributed by atoms with Crippen molar-refractivity contribution in [3.63, 3.8) is 0 Å². The van der Waals surface area contributed by atoms with E-state index in [0.29, 0.717) is 11.4 Å². The van der Waals surface area contributed by atoms with Crippen LogP contribution in [-0.4, -0.2) is 34.9 Å². The van der Waals surface area contributed by atoms with Crippen LogP contribution >= 0.6 is 11.8 Å². The minimum Gasteiger partial charge on any atom is -0.348 e. The van der Waals surface area contributed by atoms with E-state index in [1.807, 2.05) is 30.5 Å². The number of imidazole rings is 1. The van der Waals surface area contributed by atoms with Gasteiger partial charge < -0.3 is 10.6 Å². The second-order valence-electron chi connectivity index (χ2n) is 5.67. The van der Waals surface area contributed by atoms with Crippen molar-refractivity contribution in [3.05, 3.63) is 46.6 Å². The normalized spacial score (nSPS) is 17.0. The van der Waals surface area contributed by atoms with Gasteiger partial charge in [0.2, 0.25) is 0 Å². The van der Waals surface area contributed by atoms with Gasteiger partial charge in [-0.25, -0.2) is 4.98 Å². The van der Waals surface area contributed by atoms with Gasteiger partial charge in [-0.15, -0.1) is 0 Å². The highest BCUT2D eigenvalue weighted by Crippen LogP contribution is 2.34. The van der Waals surface area contributed by atoms with Gasteiger partial charge >= 0.3 is 0 Å². The van der Waals surface area contributed by atoms with Crippen LogP contribution in [0.25, 0.3) is 11.7 Å². The molecule has 0 aromatic carbocycles. The summed E-state index contributed by atoms with van der Waals surface area (Å²) in [4.78, 5) is 17.5. The van der Waals surface area contributed by atoms with Gasteiger partial charge in [0.1, 0.15) is 5.65 Å². The highest BCUT2D eigenvalue weighted by atomic mass is 32.2. The third kappa shape index (κ3) is 2.92. The number of pyridine rings is 1. The number of rotatable bonds is 3. The number of hydrogen-bond donors (Lipinski definition) is 2. The van der Waals surface area contributed by atoms with Crippen molar-refractivity contribution in [2.75, 3.05) is 19.6 Å². The Bertz CT molecular complexity index is 813. The number of nitrogens with one attached hydrogen (secondary N) is 2. The van der Waals surface area contributed by atoms with E-state index in [9.17, 15) is 4.79 Å². The summed E-state index contributed by atoms with van der Waals surface area (Å²) in [5.41, 5.74) is 3.30. The van der Waals surface area contributed by atoms with Crippen LogP contribution in [0, 0.1) is 0 Å². The van der Waals surface area contributed by atoms with Gasteiger partial charge in [-0.1, -0.05) is 29.5 Å². The fraction of sp³-hybridized carbons (Fsp3) is 0.294. The molecule has 0 atom stereocenters. The Kier molecular flexibility index (Phi) is 3.93. The van der Waals surface area contributed by atoms with Gasteiger partial charge in [0.05, 0.1) is 21.8 Å². The second-order valence-corrected chi connectivity index (χ2v) is 6.74. The first-order chi connectivity index (χ1) is 11.3. The zero-order valence-electron chi connectivity index (χ0n) is 12.7. The maximum atomic E-state index is 12.4. The summed E-state index contributed by atoms with van der Waals surface area (Å²) in [5.74, 6) is -0.0229. The van der Waals surface area contributed by atoms with Crippen LogP contribution in [0.5, 0.6) is 0 Å². The maximum Gasteiger partial charge on any atom is 0.258 e. The highest BCUT2D eigenvalue weighted by Gasteiger charge is 2.19. The van der Waals surface area contributed by atoms with Crippen molar-refractivity contribution in [2.24, 2.45) is 0 Å². The third-order valence-electron chi connectivity index (χ3n) is 4.14. The van der Waals surface area contributed by atoms with E-state index in [1.165, 1.54) is 17.3 Å². The first kappa shape index (κ1) is 14.5. The van der Waals surface area contributed by atoms with Crippen LogP contribution < -0.4 is 10.6 Å². The highest BCUT2D eigenvalue weighted by molar-refractivity contribution is 8.04. The number of amides is 1. The molecule has 118 valence electrons. The first-order valence-electron chi connectivity index (χ1n) is 7.84. The molecule has 0 saturated carbocycles. The average molecular weight is 326 g/mol. The van der Waals surface area contributed by atoms with Gasteiger partial charge in [0, 0.05) is 6.54 Å². The van der Waals surface area contributed by atoms with Crippen molar-refractivity contribution in [1.82, 2.24) is 20.0 Å². The van der Waals surface area contributed by atoms with E-state index in [-0.39, 0.29) is 5.91 Å². The Morgan fingerprint density at radius 2 is 2.26 bits per heavy atom. The molecule has 1 amide bonds. The molecule has 1 saturated heterocycles. The molecule has 2 aromatic heterocycles. The summed E-state index contributed by atoms with van der Waals surface area (Å²) in [5, 5.41) is 7.36. The van der Waals surface area contributed by atoms with Crippen molar-refractivity contribution >= 4 is 29.4 Å². The number of carbonyl (C=O) groups is 1. The smallest absolute Gasteiger partial charge is 0.258 e. The van der Waals surface area contributed by atoms with Gasteiger partial charge in [0.25, 0.3) is 5.91 Å². The van der Waals surface area contributed by atoms with E-state index in [1.54, 1.807) is 0 Å². The molecule has 5 nitrogen and oxygen atoms in total. The van der Waals surface area contributed by atoms with Crippen molar-refractivity contribution in [1.29, 1.82) is 0 Å². The molecule has 6 heteroatoms. The van der Waals surface area contributed by atoms with Crippen molar-refractivity contribution in [3.8, 4) is 0 Å². The van der Waals surface area contributed by atoms with E-state index in [4.69, 9.17) is 0 Å². The Labute approximate surface area is 138 Å². The molecule has 0 spiro atoms. The Morgan fingerprint density at radius 3 is 3.13 bits per heavy atom. The Morgan fingerprint density at radius 1 is 1.39 bits per heavy atom. The molecule has 1 fully saturated rings. The molecule has 4 heterocycles. The molecular formula is C17H18N4OS. The molecule has 0 aliphatic carbocycles. The average Bonchev–Trinajstić information content (AvgIpc) is 3.01. The topological polar surface area (TPSA) is 58.4 Å². The van der Waals surface area contributed by atoms with E-state index in [2.05, 4.69) is 26.1 Å². The van der Waals surface area contributed by atoms with Crippen LogP contribution in [0.3, 0.4) is 0 Å². The van der Waals surface area contributed by atoms with Crippen LogP contribution in [-0.2, 0) is 4.79 Å². The molecule has 0 bridgehead atoms. The number of thioether (sulfide) groups is 1. The fourth-order valence-electron chi connectivity index (χ4n) is 2.93. The lowest BCUT2D eigenvalue weighted by atomic mass is 10.1. The predicted octanol–water partition coefficient (Wildman–Crippen LogP) is 2.21. The quantitative estimate of drug-likeness (QED) is 0.849. The van der Waals surface area contributed by atoms with Crippen LogP contribution in [0.4, 0.5) is 0 Å². The predicted molar refractivity (Wildman–Crippen MR) is 92.2 cm³/mol. The summed E-state index contributed by atoms with van der Waals surface area (Å²) in [7, 11) is 0. The molecule has 2 aliphatic heterocycles. The van der Waals surface area contributed by atoms with Crippen LogP contribution in [0.1, 0.15) is 18.5 Å². The number of hydrogen-bond acceptors (Lipinski definition) is 4. The molecule has 2 aliphatic rings. The zero-order valence-corrected chi connectivity index (χ0v) is 13.5. The summed E-state index contributed by atoms with van der Waals surface area (Å²) in [6, 6.07) is 5.95. The summed E-state index contributed by atoms with van der Waals surface area (Å²) in [6.07, 6.45) is 8.02. The van der Waals surface area contributed by atoms with Crippen LogP contribution in [0.2, 0.25) is 0 Å². The number of carbonyl (C=O) groups excluding carboxylic acids is 1. The molecule has 0 unspecified atom stereocenters. The van der Waals surface area contributed by atoms with Gasteiger partial charge in [0.15, 0.2) is 0 Å². The minimum absolute atomic E-state index is 0.0229. The SMILES string of the molecule is O=C(NCC=C1CCNCC1)C1=Cc2cnc3cccc(n23)S1. The summed E-state index contributed by atoms with van der Waals surface area (Å²) >= 11 is 1.49. The maximum absolute atomic E-state index is 12.4. The standard InChI is InChI=1S/C17H18N4OS/c22-17(19-9-6-12-4-7-18-8-5-12)14-10-13-11-20-15-2-1-3-16(23-14)21(13)15/h1-3,6,10-11,18H,4-5,7-9H2,(H,19,22). The lowest BCUT2D eigenvalue weighted by molar-refractivity contribution is -0.116. The minimum atomic E-state index is -0.0229. The Hall–Kier alpha value is -2.05. The molecule has 2 N–H and O–H groups in total. The summed E-state index contributed by atoms with van der Waals surface area (Å²) in [6.45, 7) is 2.67. The zero-order chi connectivity index (χ0) is 15.6. The third-order valence-corrected chi connectivity index (χ3v) is 5.19. The Balaban J connectivity index is 1.46. The lowest BCUT2D eigenvalue weighted by Crippen LogP contribution is -2.26. The second kappa shape index (κ2) is 6.22. The van der Waals surface area contributed by atoms with E-state index in [0.717, 1.165) is 42.3 Å².